The third kappa shape index (κ3) is 4.78. The van der Waals surface area contributed by atoms with Crippen molar-refractivity contribution >= 4 is 35.8 Å². The van der Waals surface area contributed by atoms with Gasteiger partial charge < -0.3 is 9.41 Å². The molecule has 0 saturated carbocycles. The monoisotopic (exact) mass is 501 g/mol. The fraction of sp³-hybridized carbons (Fsp3) is 0.172. The highest BCUT2D eigenvalue weighted by Gasteiger charge is 2.52. The van der Waals surface area contributed by atoms with Crippen molar-refractivity contribution in [2.24, 2.45) is 0 Å². The summed E-state index contributed by atoms with van der Waals surface area (Å²) in [6.45, 7) is 4.26. The molecule has 1 aliphatic heterocycles. The van der Waals surface area contributed by atoms with Gasteiger partial charge in [0.25, 0.3) is 0 Å². The molecular formula is C29H26BCl2NO2. The first kappa shape index (κ1) is 24.1. The average molecular weight is 502 g/mol. The number of hydroxylamine groups is 2. The summed E-state index contributed by atoms with van der Waals surface area (Å²) < 4.78 is 13.3. The quantitative estimate of drug-likeness (QED) is 0.273. The van der Waals surface area contributed by atoms with Crippen LogP contribution in [-0.2, 0) is 14.9 Å². The van der Waals surface area contributed by atoms with Gasteiger partial charge in [0.1, 0.15) is 0 Å². The minimum atomic E-state index is -0.621. The second-order valence-corrected chi connectivity index (χ2v) is 9.84. The van der Waals surface area contributed by atoms with Crippen LogP contribution in [-0.4, -0.2) is 18.3 Å². The molecule has 0 aromatic heterocycles. The Balaban J connectivity index is 1.68. The normalized spacial score (nSPS) is 20.8. The van der Waals surface area contributed by atoms with Crippen molar-refractivity contribution in [3.63, 3.8) is 0 Å². The predicted octanol–water partition coefficient (Wildman–Crippen LogP) is 7.05. The summed E-state index contributed by atoms with van der Waals surface area (Å²) in [4.78, 5) is 0. The summed E-state index contributed by atoms with van der Waals surface area (Å²) in [5, 5.41) is 3.47. The molecule has 35 heavy (non-hydrogen) atoms. The Labute approximate surface area is 217 Å². The topological polar surface area (TPSA) is 21.7 Å². The highest BCUT2D eigenvalue weighted by Crippen LogP contribution is 2.45. The highest BCUT2D eigenvalue weighted by atomic mass is 35.5. The summed E-state index contributed by atoms with van der Waals surface area (Å²) in [5.41, 5.74) is 3.60. The number of halogens is 2. The Hall–Kier alpha value is -2.60. The van der Waals surface area contributed by atoms with Gasteiger partial charge in [-0.2, -0.15) is 5.06 Å². The Morgan fingerprint density at radius 3 is 1.74 bits per heavy atom. The van der Waals surface area contributed by atoms with Gasteiger partial charge in [-0.15, -0.1) is 0 Å². The van der Waals surface area contributed by atoms with Crippen molar-refractivity contribution in [1.82, 2.24) is 5.06 Å². The zero-order valence-electron chi connectivity index (χ0n) is 19.6. The molecule has 0 N–H and O–H groups in total. The summed E-state index contributed by atoms with van der Waals surface area (Å²) in [5.74, 6) is 0. The molecule has 0 spiro atoms. The summed E-state index contributed by atoms with van der Waals surface area (Å²) in [7, 11) is -0.586. The zero-order chi connectivity index (χ0) is 24.4. The molecule has 5 rings (SSSR count). The van der Waals surface area contributed by atoms with E-state index in [2.05, 4.69) is 67.4 Å². The Kier molecular flexibility index (Phi) is 7.01. The van der Waals surface area contributed by atoms with Gasteiger partial charge in [-0.1, -0.05) is 108 Å². The van der Waals surface area contributed by atoms with E-state index in [1.165, 1.54) is 0 Å². The third-order valence-electron chi connectivity index (χ3n) is 6.82. The molecule has 1 fully saturated rings. The second-order valence-electron chi connectivity index (χ2n) is 8.97. The molecule has 4 aromatic carbocycles. The molecular weight excluding hydrogens is 476 g/mol. The van der Waals surface area contributed by atoms with Crippen LogP contribution in [0.1, 0.15) is 36.6 Å². The maximum Gasteiger partial charge on any atom is 0.511 e. The van der Waals surface area contributed by atoms with Crippen molar-refractivity contribution < 1.29 is 9.41 Å². The van der Waals surface area contributed by atoms with Crippen molar-refractivity contribution in [3.05, 3.63) is 136 Å². The highest BCUT2D eigenvalue weighted by molar-refractivity contribution is 6.61. The minimum absolute atomic E-state index is 0.181. The Bertz CT molecular complexity index is 1220. The zero-order valence-corrected chi connectivity index (χ0v) is 21.2. The molecule has 0 amide bonds. The number of rotatable bonds is 5. The van der Waals surface area contributed by atoms with Gasteiger partial charge in [-0.3, -0.25) is 0 Å². The fourth-order valence-corrected chi connectivity index (χ4v) is 4.96. The van der Waals surface area contributed by atoms with Crippen LogP contribution in [0, 0.1) is 0 Å². The number of hydrogen-bond donors (Lipinski definition) is 0. The molecule has 2 unspecified atom stereocenters. The largest absolute Gasteiger partial charge is 0.511 e. The number of hydrogen-bond acceptors (Lipinski definition) is 3. The second kappa shape index (κ2) is 10.2. The first-order valence-corrected chi connectivity index (χ1v) is 12.5. The molecule has 2 atom stereocenters. The Morgan fingerprint density at radius 1 is 0.743 bits per heavy atom. The lowest BCUT2D eigenvalue weighted by Crippen LogP contribution is -2.63. The molecule has 0 radical (unpaired) electrons. The molecule has 1 heterocycles. The number of benzene rings is 4. The van der Waals surface area contributed by atoms with E-state index < -0.39 is 12.7 Å². The van der Waals surface area contributed by atoms with E-state index in [0.717, 1.165) is 22.2 Å². The smallest absolute Gasteiger partial charge is 0.402 e. The van der Waals surface area contributed by atoms with Crippen LogP contribution in [0.4, 0.5) is 0 Å². The van der Waals surface area contributed by atoms with Gasteiger partial charge in [0.2, 0.25) is 0 Å². The molecule has 0 aliphatic carbocycles. The molecule has 6 heteroatoms. The lowest BCUT2D eigenvalue weighted by Gasteiger charge is -2.53. The summed E-state index contributed by atoms with van der Waals surface area (Å²) >= 11 is 12.4. The molecule has 4 aromatic rings. The van der Waals surface area contributed by atoms with E-state index >= 15 is 0 Å². The van der Waals surface area contributed by atoms with Crippen LogP contribution in [0.3, 0.4) is 0 Å². The summed E-state index contributed by atoms with van der Waals surface area (Å²) in [6.07, 6.45) is -0.215. The van der Waals surface area contributed by atoms with Crippen LogP contribution in [0.2, 0.25) is 10.0 Å². The van der Waals surface area contributed by atoms with Crippen molar-refractivity contribution in [1.29, 1.82) is 0 Å². The van der Waals surface area contributed by atoms with E-state index in [4.69, 9.17) is 32.6 Å². The minimum Gasteiger partial charge on any atom is -0.402 e. The molecule has 1 aliphatic rings. The SMILES string of the molecule is CC1OB(c2ccc(Cl)cc2)ON(C(c2ccccc2)c2ccccc2)C1(C)c1ccc(Cl)cc1. The van der Waals surface area contributed by atoms with E-state index in [1.54, 1.807) is 0 Å². The van der Waals surface area contributed by atoms with Gasteiger partial charge >= 0.3 is 7.12 Å². The molecule has 0 bridgehead atoms. The van der Waals surface area contributed by atoms with Crippen LogP contribution in [0.15, 0.2) is 109 Å². The van der Waals surface area contributed by atoms with Crippen molar-refractivity contribution in [3.8, 4) is 0 Å². The average Bonchev–Trinajstić information content (AvgIpc) is 2.89. The Morgan fingerprint density at radius 2 is 1.23 bits per heavy atom. The first-order valence-electron chi connectivity index (χ1n) is 11.7. The third-order valence-corrected chi connectivity index (χ3v) is 7.33. The lowest BCUT2D eigenvalue weighted by molar-refractivity contribution is -0.242. The molecule has 1 saturated heterocycles. The molecule has 3 nitrogen and oxygen atoms in total. The van der Waals surface area contributed by atoms with Gasteiger partial charge in [0.05, 0.1) is 17.7 Å². The number of nitrogens with zero attached hydrogens (tertiary/aromatic N) is 1. The van der Waals surface area contributed by atoms with Crippen molar-refractivity contribution in [2.75, 3.05) is 0 Å². The van der Waals surface area contributed by atoms with Crippen molar-refractivity contribution in [2.45, 2.75) is 31.5 Å². The van der Waals surface area contributed by atoms with Gasteiger partial charge in [0, 0.05) is 10.0 Å². The summed E-state index contributed by atoms with van der Waals surface area (Å²) in [6, 6.07) is 36.2. The van der Waals surface area contributed by atoms with Gasteiger partial charge in [-0.05, 0) is 60.3 Å². The fourth-order valence-electron chi connectivity index (χ4n) is 4.71. The van der Waals surface area contributed by atoms with E-state index in [1.807, 2.05) is 60.7 Å². The van der Waals surface area contributed by atoms with E-state index in [0.29, 0.717) is 10.0 Å². The van der Waals surface area contributed by atoms with Crippen LogP contribution >= 0.6 is 23.2 Å². The van der Waals surface area contributed by atoms with Crippen LogP contribution in [0.25, 0.3) is 0 Å². The van der Waals surface area contributed by atoms with Gasteiger partial charge in [0.15, 0.2) is 0 Å². The maximum absolute atomic E-state index is 6.79. The maximum atomic E-state index is 6.79. The standard InChI is InChI=1S/C29H26BCl2NO2/c1-21-29(2,24-13-17-26(31)18-14-24)33(35-30(34-21)25-15-19-27(32)20-16-25)28(22-9-5-3-6-10-22)23-11-7-4-8-12-23/h3-21,28H,1-2H3. The van der Waals surface area contributed by atoms with Crippen LogP contribution in [0.5, 0.6) is 0 Å². The lowest BCUT2D eigenvalue weighted by atomic mass is 9.74. The van der Waals surface area contributed by atoms with Crippen LogP contribution < -0.4 is 5.46 Å². The first-order chi connectivity index (χ1) is 17.0. The van der Waals surface area contributed by atoms with E-state index in [9.17, 15) is 0 Å². The predicted molar refractivity (Wildman–Crippen MR) is 144 cm³/mol. The van der Waals surface area contributed by atoms with Gasteiger partial charge in [-0.25, -0.2) is 0 Å². The molecule has 176 valence electrons. The van der Waals surface area contributed by atoms with E-state index in [-0.39, 0.29) is 12.1 Å².